The number of aromatic nitrogens is 1. The van der Waals surface area contributed by atoms with Crippen molar-refractivity contribution in [1.29, 1.82) is 0 Å². The average Bonchev–Trinajstić information content (AvgIpc) is 2.60. The van der Waals surface area contributed by atoms with Crippen molar-refractivity contribution in [3.05, 3.63) is 24.6 Å². The second kappa shape index (κ2) is 3.55. The van der Waals surface area contributed by atoms with Crippen LogP contribution < -0.4 is 5.32 Å². The molecular weight excluding hydrogens is 192 g/mol. The Hall–Kier alpha value is -1.55. The molecule has 0 amide bonds. The van der Waals surface area contributed by atoms with Gasteiger partial charge in [-0.2, -0.15) is 0 Å². The standard InChI is InChI=1S/C11H14N2O2/c1-11(2,14)6-12-8-3-4-10-9(5-8)13-7-15-10/h3-5,7,12,14H,6H2,1-2H3. The van der Waals surface area contributed by atoms with Gasteiger partial charge in [-0.25, -0.2) is 4.98 Å². The number of oxazole rings is 1. The second-order valence-corrected chi connectivity index (χ2v) is 4.20. The first-order valence-corrected chi connectivity index (χ1v) is 4.84. The van der Waals surface area contributed by atoms with Crippen LogP contribution in [0.4, 0.5) is 5.69 Å². The summed E-state index contributed by atoms with van der Waals surface area (Å²) in [5.41, 5.74) is 1.79. The molecule has 0 saturated heterocycles. The van der Waals surface area contributed by atoms with Crippen molar-refractivity contribution < 1.29 is 9.52 Å². The van der Waals surface area contributed by atoms with E-state index in [1.165, 1.54) is 6.39 Å². The molecule has 1 aromatic carbocycles. The molecule has 0 aliphatic rings. The number of nitrogens with one attached hydrogen (secondary N) is 1. The largest absolute Gasteiger partial charge is 0.443 e. The van der Waals surface area contributed by atoms with E-state index in [1.807, 2.05) is 18.2 Å². The fourth-order valence-electron chi connectivity index (χ4n) is 1.29. The van der Waals surface area contributed by atoms with E-state index in [0.717, 1.165) is 16.8 Å². The normalized spacial score (nSPS) is 11.9. The van der Waals surface area contributed by atoms with E-state index < -0.39 is 5.60 Å². The maximum absolute atomic E-state index is 9.56. The number of hydrogen-bond acceptors (Lipinski definition) is 4. The number of aliphatic hydroxyl groups is 1. The van der Waals surface area contributed by atoms with Crippen molar-refractivity contribution >= 4 is 16.8 Å². The van der Waals surface area contributed by atoms with Crippen LogP contribution in [0, 0.1) is 0 Å². The maximum atomic E-state index is 9.56. The van der Waals surface area contributed by atoms with Gasteiger partial charge in [-0.15, -0.1) is 0 Å². The van der Waals surface area contributed by atoms with Crippen molar-refractivity contribution in [2.75, 3.05) is 11.9 Å². The first-order chi connectivity index (χ1) is 7.04. The van der Waals surface area contributed by atoms with Crippen molar-refractivity contribution in [3.8, 4) is 0 Å². The van der Waals surface area contributed by atoms with E-state index >= 15 is 0 Å². The Balaban J connectivity index is 2.15. The Labute approximate surface area is 87.9 Å². The van der Waals surface area contributed by atoms with Gasteiger partial charge in [-0.05, 0) is 32.0 Å². The molecule has 80 valence electrons. The summed E-state index contributed by atoms with van der Waals surface area (Å²) >= 11 is 0. The molecule has 0 spiro atoms. The second-order valence-electron chi connectivity index (χ2n) is 4.20. The molecule has 0 atom stereocenters. The van der Waals surface area contributed by atoms with E-state index in [-0.39, 0.29) is 0 Å². The summed E-state index contributed by atoms with van der Waals surface area (Å²) in [4.78, 5) is 4.05. The van der Waals surface area contributed by atoms with Crippen molar-refractivity contribution in [3.63, 3.8) is 0 Å². The lowest BCUT2D eigenvalue weighted by Gasteiger charge is -2.18. The van der Waals surface area contributed by atoms with Crippen molar-refractivity contribution in [2.24, 2.45) is 0 Å². The van der Waals surface area contributed by atoms with Crippen LogP contribution in [0.25, 0.3) is 11.1 Å². The van der Waals surface area contributed by atoms with Crippen LogP contribution in [0.1, 0.15) is 13.8 Å². The summed E-state index contributed by atoms with van der Waals surface area (Å²) in [6.45, 7) is 4.01. The molecule has 0 saturated carbocycles. The molecule has 0 bridgehead atoms. The number of rotatable bonds is 3. The van der Waals surface area contributed by atoms with Gasteiger partial charge in [-0.1, -0.05) is 0 Å². The number of anilines is 1. The van der Waals surface area contributed by atoms with Crippen molar-refractivity contribution in [2.45, 2.75) is 19.4 Å². The van der Waals surface area contributed by atoms with Crippen LogP contribution in [-0.2, 0) is 0 Å². The molecule has 15 heavy (non-hydrogen) atoms. The predicted molar refractivity (Wildman–Crippen MR) is 58.8 cm³/mol. The maximum Gasteiger partial charge on any atom is 0.181 e. The predicted octanol–water partition coefficient (Wildman–Crippen LogP) is 2.01. The molecule has 1 heterocycles. The van der Waals surface area contributed by atoms with Crippen molar-refractivity contribution in [1.82, 2.24) is 4.98 Å². The third kappa shape index (κ3) is 2.47. The highest BCUT2D eigenvalue weighted by molar-refractivity contribution is 5.76. The minimum atomic E-state index is -0.723. The van der Waals surface area contributed by atoms with Gasteiger partial charge in [0.15, 0.2) is 12.0 Å². The molecule has 1 aromatic heterocycles. The molecule has 0 aliphatic heterocycles. The van der Waals surface area contributed by atoms with Gasteiger partial charge in [0.05, 0.1) is 5.60 Å². The zero-order chi connectivity index (χ0) is 10.9. The monoisotopic (exact) mass is 206 g/mol. The van der Waals surface area contributed by atoms with Crippen LogP contribution >= 0.6 is 0 Å². The highest BCUT2D eigenvalue weighted by Gasteiger charge is 2.11. The van der Waals surface area contributed by atoms with Crippen LogP contribution in [0.15, 0.2) is 29.0 Å². The SMILES string of the molecule is CC(C)(O)CNc1ccc2ocnc2c1. The third-order valence-electron chi connectivity index (χ3n) is 2.06. The topological polar surface area (TPSA) is 58.3 Å². The Morgan fingerprint density at radius 1 is 1.47 bits per heavy atom. The lowest BCUT2D eigenvalue weighted by atomic mass is 10.1. The van der Waals surface area contributed by atoms with Gasteiger partial charge in [0.25, 0.3) is 0 Å². The van der Waals surface area contributed by atoms with E-state index in [0.29, 0.717) is 6.54 Å². The van der Waals surface area contributed by atoms with E-state index in [2.05, 4.69) is 10.3 Å². The summed E-state index contributed by atoms with van der Waals surface area (Å²) < 4.78 is 5.13. The summed E-state index contributed by atoms with van der Waals surface area (Å²) in [6.07, 6.45) is 1.42. The molecule has 4 nitrogen and oxygen atoms in total. The van der Waals surface area contributed by atoms with Gasteiger partial charge in [-0.3, -0.25) is 0 Å². The number of benzene rings is 1. The zero-order valence-corrected chi connectivity index (χ0v) is 8.82. The lowest BCUT2D eigenvalue weighted by Crippen LogP contribution is -2.29. The van der Waals surface area contributed by atoms with Crippen LogP contribution in [-0.4, -0.2) is 22.2 Å². The summed E-state index contributed by atoms with van der Waals surface area (Å²) in [7, 11) is 0. The molecule has 0 radical (unpaired) electrons. The fourth-order valence-corrected chi connectivity index (χ4v) is 1.29. The van der Waals surface area contributed by atoms with E-state index in [9.17, 15) is 5.11 Å². The van der Waals surface area contributed by atoms with Gasteiger partial charge in [0.2, 0.25) is 0 Å². The van der Waals surface area contributed by atoms with Crippen LogP contribution in [0.3, 0.4) is 0 Å². The molecular formula is C11H14N2O2. The molecule has 0 fully saturated rings. The van der Waals surface area contributed by atoms with Gasteiger partial charge in [0, 0.05) is 12.2 Å². The fraction of sp³-hybridized carbons (Fsp3) is 0.364. The quantitative estimate of drug-likeness (QED) is 0.806. The molecule has 4 heteroatoms. The highest BCUT2D eigenvalue weighted by atomic mass is 16.3. The average molecular weight is 206 g/mol. The molecule has 0 aliphatic carbocycles. The summed E-state index contributed by atoms with van der Waals surface area (Å²) in [5.74, 6) is 0. The van der Waals surface area contributed by atoms with Crippen LogP contribution in [0.2, 0.25) is 0 Å². The molecule has 2 aromatic rings. The smallest absolute Gasteiger partial charge is 0.181 e. The van der Waals surface area contributed by atoms with E-state index in [1.54, 1.807) is 13.8 Å². The van der Waals surface area contributed by atoms with Crippen LogP contribution in [0.5, 0.6) is 0 Å². The first kappa shape index (κ1) is 9.98. The molecule has 2 rings (SSSR count). The molecule has 0 unspecified atom stereocenters. The minimum Gasteiger partial charge on any atom is -0.443 e. The summed E-state index contributed by atoms with van der Waals surface area (Å²) in [6, 6.07) is 5.65. The molecule has 2 N–H and O–H groups in total. The third-order valence-corrected chi connectivity index (χ3v) is 2.06. The Kier molecular flexibility index (Phi) is 2.36. The number of nitrogens with zero attached hydrogens (tertiary/aromatic N) is 1. The first-order valence-electron chi connectivity index (χ1n) is 4.84. The number of hydrogen-bond donors (Lipinski definition) is 2. The Morgan fingerprint density at radius 2 is 2.27 bits per heavy atom. The summed E-state index contributed by atoms with van der Waals surface area (Å²) in [5, 5.41) is 12.7. The highest BCUT2D eigenvalue weighted by Crippen LogP contribution is 2.18. The van der Waals surface area contributed by atoms with E-state index in [4.69, 9.17) is 4.42 Å². The minimum absolute atomic E-state index is 0.496. The van der Waals surface area contributed by atoms with Gasteiger partial charge in [0.1, 0.15) is 5.52 Å². The Bertz CT molecular complexity index is 457. The Morgan fingerprint density at radius 3 is 3.00 bits per heavy atom. The zero-order valence-electron chi connectivity index (χ0n) is 8.82. The van der Waals surface area contributed by atoms with Gasteiger partial charge >= 0.3 is 0 Å². The number of fused-ring (bicyclic) bond motifs is 1. The van der Waals surface area contributed by atoms with Gasteiger partial charge < -0.3 is 14.8 Å². The lowest BCUT2D eigenvalue weighted by molar-refractivity contribution is 0.0945.